The molecule has 142 valence electrons. The number of halogens is 1. The van der Waals surface area contributed by atoms with Gasteiger partial charge in [0.1, 0.15) is 5.75 Å². The van der Waals surface area contributed by atoms with Crippen molar-refractivity contribution in [3.05, 3.63) is 29.8 Å². The number of hydrogen-bond donors (Lipinski definition) is 3. The Morgan fingerprint density at radius 2 is 1.84 bits per heavy atom. The molecule has 6 nitrogen and oxygen atoms in total. The molecule has 0 fully saturated rings. The van der Waals surface area contributed by atoms with Crippen molar-refractivity contribution >= 4 is 35.8 Å². The number of amides is 1. The van der Waals surface area contributed by atoms with Gasteiger partial charge in [0.15, 0.2) is 5.96 Å². The van der Waals surface area contributed by atoms with Crippen LogP contribution in [0.15, 0.2) is 29.3 Å². The number of guanidine groups is 1. The molecular weight excluding hydrogens is 431 g/mol. The van der Waals surface area contributed by atoms with E-state index in [1.54, 1.807) is 32.4 Å². The third kappa shape index (κ3) is 10.2. The molecule has 1 rings (SSSR count). The first kappa shape index (κ1) is 23.5. The normalized spacial score (nSPS) is 10.8. The predicted molar refractivity (Wildman–Crippen MR) is 114 cm³/mol. The molecule has 0 aromatic heterocycles. The van der Waals surface area contributed by atoms with Gasteiger partial charge in [0, 0.05) is 32.2 Å². The Bertz CT molecular complexity index is 536. The minimum Gasteiger partial charge on any atom is -0.497 e. The van der Waals surface area contributed by atoms with Crippen LogP contribution in [0.1, 0.15) is 37.0 Å². The Hall–Kier alpha value is -1.51. The molecule has 0 radical (unpaired) electrons. The second kappa shape index (κ2) is 13.7. The van der Waals surface area contributed by atoms with Crippen LogP contribution in [-0.2, 0) is 0 Å². The standard InChI is InChI=1S/C18H30N4O2.HI/c1-14(2)7-6-10-21-18(19-3)22-12-11-20-17(23)15-8-5-9-16(13-15)24-4;/h5,8-9,13-14H,6-7,10-12H2,1-4H3,(H,20,23)(H2,19,21,22);1H. The molecule has 0 atom stereocenters. The first-order valence-electron chi connectivity index (χ1n) is 8.43. The molecule has 0 aliphatic carbocycles. The van der Waals surface area contributed by atoms with Crippen molar-refractivity contribution in [3.8, 4) is 5.75 Å². The smallest absolute Gasteiger partial charge is 0.251 e. The number of methoxy groups -OCH3 is 1. The molecular formula is C18H31IN4O2. The van der Waals surface area contributed by atoms with Gasteiger partial charge in [0.2, 0.25) is 0 Å². The molecule has 1 amide bonds. The van der Waals surface area contributed by atoms with Crippen molar-refractivity contribution in [2.75, 3.05) is 33.8 Å². The Morgan fingerprint density at radius 3 is 2.48 bits per heavy atom. The van der Waals surface area contributed by atoms with Crippen molar-refractivity contribution in [1.29, 1.82) is 0 Å². The average Bonchev–Trinajstić information content (AvgIpc) is 2.59. The van der Waals surface area contributed by atoms with Crippen molar-refractivity contribution in [1.82, 2.24) is 16.0 Å². The van der Waals surface area contributed by atoms with Crippen molar-refractivity contribution in [2.45, 2.75) is 26.7 Å². The fourth-order valence-electron chi connectivity index (χ4n) is 2.16. The maximum atomic E-state index is 12.1. The van der Waals surface area contributed by atoms with E-state index in [2.05, 4.69) is 34.8 Å². The highest BCUT2D eigenvalue weighted by Crippen LogP contribution is 2.12. The van der Waals surface area contributed by atoms with Crippen LogP contribution in [0.5, 0.6) is 5.75 Å². The Balaban J connectivity index is 0.00000576. The number of nitrogens with one attached hydrogen (secondary N) is 3. The van der Waals surface area contributed by atoms with Crippen LogP contribution in [0.3, 0.4) is 0 Å². The van der Waals surface area contributed by atoms with Crippen LogP contribution < -0.4 is 20.7 Å². The number of carbonyl (C=O) groups is 1. The maximum absolute atomic E-state index is 12.1. The fraction of sp³-hybridized carbons (Fsp3) is 0.556. The summed E-state index contributed by atoms with van der Waals surface area (Å²) in [5.74, 6) is 2.03. The minimum atomic E-state index is -0.115. The van der Waals surface area contributed by atoms with E-state index in [1.165, 1.54) is 6.42 Å². The Kier molecular flexibility index (Phi) is 12.9. The zero-order valence-corrected chi connectivity index (χ0v) is 17.9. The second-order valence-electron chi connectivity index (χ2n) is 5.95. The molecule has 0 aliphatic heterocycles. The van der Waals surface area contributed by atoms with Crippen LogP contribution in [0.4, 0.5) is 0 Å². The zero-order valence-electron chi connectivity index (χ0n) is 15.6. The van der Waals surface area contributed by atoms with Crippen LogP contribution in [0.25, 0.3) is 0 Å². The molecule has 1 aromatic rings. The molecule has 0 unspecified atom stereocenters. The van der Waals surface area contributed by atoms with Gasteiger partial charge in [0.05, 0.1) is 7.11 Å². The lowest BCUT2D eigenvalue weighted by molar-refractivity contribution is 0.0954. The summed E-state index contributed by atoms with van der Waals surface area (Å²) in [6.45, 7) is 6.46. The SMILES string of the molecule is CN=C(NCCCC(C)C)NCCNC(=O)c1cccc(OC)c1.I. The first-order valence-corrected chi connectivity index (χ1v) is 8.43. The number of hydrogen-bond acceptors (Lipinski definition) is 3. The van der Waals surface area contributed by atoms with Crippen molar-refractivity contribution in [3.63, 3.8) is 0 Å². The lowest BCUT2D eigenvalue weighted by atomic mass is 10.1. The van der Waals surface area contributed by atoms with Gasteiger partial charge in [0.25, 0.3) is 5.91 Å². The minimum absolute atomic E-state index is 0. The molecule has 1 aromatic carbocycles. The first-order chi connectivity index (χ1) is 11.6. The molecule has 7 heteroatoms. The number of benzene rings is 1. The zero-order chi connectivity index (χ0) is 17.8. The highest BCUT2D eigenvalue weighted by Gasteiger charge is 2.06. The van der Waals surface area contributed by atoms with E-state index in [0.29, 0.717) is 30.3 Å². The van der Waals surface area contributed by atoms with E-state index in [-0.39, 0.29) is 29.9 Å². The van der Waals surface area contributed by atoms with E-state index < -0.39 is 0 Å². The molecule has 25 heavy (non-hydrogen) atoms. The van der Waals surface area contributed by atoms with E-state index in [0.717, 1.165) is 18.9 Å². The Labute approximate surface area is 168 Å². The van der Waals surface area contributed by atoms with Gasteiger partial charge in [-0.2, -0.15) is 0 Å². The monoisotopic (exact) mass is 462 g/mol. The van der Waals surface area contributed by atoms with Crippen LogP contribution in [0.2, 0.25) is 0 Å². The van der Waals surface area contributed by atoms with Gasteiger partial charge in [-0.25, -0.2) is 0 Å². The van der Waals surface area contributed by atoms with Gasteiger partial charge in [-0.1, -0.05) is 19.9 Å². The van der Waals surface area contributed by atoms with E-state index >= 15 is 0 Å². The summed E-state index contributed by atoms with van der Waals surface area (Å²) in [6, 6.07) is 7.10. The molecule has 0 spiro atoms. The van der Waals surface area contributed by atoms with Crippen LogP contribution in [0, 0.1) is 5.92 Å². The average molecular weight is 462 g/mol. The highest BCUT2D eigenvalue weighted by atomic mass is 127. The number of aliphatic imine (C=N–C) groups is 1. The van der Waals surface area contributed by atoms with Gasteiger partial charge in [-0.15, -0.1) is 24.0 Å². The number of nitrogens with zero attached hydrogens (tertiary/aromatic N) is 1. The lowest BCUT2D eigenvalue weighted by Gasteiger charge is -2.13. The van der Waals surface area contributed by atoms with E-state index in [1.807, 2.05) is 6.07 Å². The maximum Gasteiger partial charge on any atom is 0.251 e. The quantitative estimate of drug-likeness (QED) is 0.228. The molecule has 0 saturated carbocycles. The summed E-state index contributed by atoms with van der Waals surface area (Å²) in [4.78, 5) is 16.2. The second-order valence-corrected chi connectivity index (χ2v) is 5.95. The van der Waals surface area contributed by atoms with E-state index in [4.69, 9.17) is 4.74 Å². The molecule has 0 heterocycles. The van der Waals surface area contributed by atoms with E-state index in [9.17, 15) is 4.79 Å². The van der Waals surface area contributed by atoms with Crippen molar-refractivity contribution < 1.29 is 9.53 Å². The van der Waals surface area contributed by atoms with Crippen molar-refractivity contribution in [2.24, 2.45) is 10.9 Å². The van der Waals surface area contributed by atoms with Gasteiger partial charge in [-0.05, 0) is 37.0 Å². The lowest BCUT2D eigenvalue weighted by Crippen LogP contribution is -2.41. The Morgan fingerprint density at radius 1 is 1.16 bits per heavy atom. The third-order valence-corrected chi connectivity index (χ3v) is 3.51. The molecule has 0 aliphatic rings. The number of rotatable bonds is 9. The summed E-state index contributed by atoms with van der Waals surface area (Å²) in [5, 5.41) is 9.33. The topological polar surface area (TPSA) is 74.8 Å². The summed E-state index contributed by atoms with van der Waals surface area (Å²) < 4.78 is 5.12. The van der Waals surface area contributed by atoms with Gasteiger partial charge in [-0.3, -0.25) is 9.79 Å². The summed E-state index contributed by atoms with van der Waals surface area (Å²) in [5.41, 5.74) is 0.588. The highest BCUT2D eigenvalue weighted by molar-refractivity contribution is 14.0. The predicted octanol–water partition coefficient (Wildman–Crippen LogP) is 2.64. The molecule has 3 N–H and O–H groups in total. The van der Waals surface area contributed by atoms with Gasteiger partial charge < -0.3 is 20.7 Å². The largest absolute Gasteiger partial charge is 0.497 e. The fourth-order valence-corrected chi connectivity index (χ4v) is 2.16. The van der Waals surface area contributed by atoms with Gasteiger partial charge >= 0.3 is 0 Å². The molecule has 0 bridgehead atoms. The summed E-state index contributed by atoms with van der Waals surface area (Å²) in [6.07, 6.45) is 2.31. The summed E-state index contributed by atoms with van der Waals surface area (Å²) >= 11 is 0. The number of ether oxygens (including phenoxy) is 1. The van der Waals surface area contributed by atoms with Crippen LogP contribution in [-0.4, -0.2) is 45.7 Å². The molecule has 0 saturated heterocycles. The van der Waals surface area contributed by atoms with Crippen LogP contribution >= 0.6 is 24.0 Å². The number of carbonyl (C=O) groups excluding carboxylic acids is 1. The summed E-state index contributed by atoms with van der Waals surface area (Å²) in [7, 11) is 3.33. The third-order valence-electron chi connectivity index (χ3n) is 3.51.